The first-order chi connectivity index (χ1) is 13.9. The van der Waals surface area contributed by atoms with Crippen LogP contribution >= 0.6 is 0 Å². The van der Waals surface area contributed by atoms with Crippen molar-refractivity contribution in [2.75, 3.05) is 26.2 Å². The molecule has 0 radical (unpaired) electrons. The molecular formula is C26H41N2+. The summed E-state index contributed by atoms with van der Waals surface area (Å²) in [5.74, 6) is 3.21. The molecule has 0 saturated heterocycles. The van der Waals surface area contributed by atoms with E-state index in [9.17, 15) is 0 Å². The Morgan fingerprint density at radius 2 is 1.54 bits per heavy atom. The Labute approximate surface area is 173 Å². The highest BCUT2D eigenvalue weighted by molar-refractivity contribution is 5.49. The molecule has 2 nitrogen and oxygen atoms in total. The number of hydrogen-bond donors (Lipinski definition) is 0. The molecule has 4 aliphatic rings. The summed E-state index contributed by atoms with van der Waals surface area (Å²) < 4.78 is 2.67. The van der Waals surface area contributed by atoms with Gasteiger partial charge in [-0.25, -0.2) is 0 Å². The zero-order chi connectivity index (χ0) is 19.0. The predicted molar refractivity (Wildman–Crippen MR) is 120 cm³/mol. The maximum Gasteiger partial charge on any atom is 0.234 e. The van der Waals surface area contributed by atoms with E-state index in [0.717, 1.165) is 17.8 Å². The average molecular weight is 382 g/mol. The quantitative estimate of drug-likeness (QED) is 0.379. The second-order valence-electron chi connectivity index (χ2n) is 9.56. The normalized spacial score (nSPS) is 37.1. The van der Waals surface area contributed by atoms with Gasteiger partial charge < -0.3 is 0 Å². The Morgan fingerprint density at radius 3 is 2.50 bits per heavy atom. The highest BCUT2D eigenvalue weighted by atomic mass is 15.2. The van der Waals surface area contributed by atoms with Crippen LogP contribution < -0.4 is 0 Å². The molecule has 0 spiro atoms. The number of fused-ring (bicyclic) bond motifs is 4. The van der Waals surface area contributed by atoms with Gasteiger partial charge in [-0.1, -0.05) is 55.7 Å². The summed E-state index contributed by atoms with van der Waals surface area (Å²) in [6, 6.07) is 0. The van der Waals surface area contributed by atoms with Crippen molar-refractivity contribution >= 4 is 6.34 Å². The lowest BCUT2D eigenvalue weighted by Gasteiger charge is -2.41. The Hall–Kier alpha value is -1.31. The Kier molecular flexibility index (Phi) is 7.47. The standard InChI is InChI=1S/C26H41N2/c1-2-4-6-8-13-24-17-16-23-14-9-10-15-25(23)26(24)21-28-20-12-19-27(22-28)18-11-7-5-3-1/h5,7-8,13,16-17,22-26H,1-4,6,9-12,14-15,18-21H2/q+1/b7-5-,13-8+/t23-,24+,25+,26+/m0/s1. The van der Waals surface area contributed by atoms with Crippen molar-refractivity contribution in [3.8, 4) is 0 Å². The van der Waals surface area contributed by atoms with Crippen LogP contribution in [0.25, 0.3) is 0 Å². The third-order valence-electron chi connectivity index (χ3n) is 7.51. The van der Waals surface area contributed by atoms with Crippen molar-refractivity contribution in [2.45, 2.75) is 70.6 Å². The van der Waals surface area contributed by atoms with Gasteiger partial charge in [0, 0.05) is 24.7 Å². The summed E-state index contributed by atoms with van der Waals surface area (Å²) in [5, 5.41) is 0. The second kappa shape index (κ2) is 10.5. The zero-order valence-electron chi connectivity index (χ0n) is 17.9. The van der Waals surface area contributed by atoms with Crippen molar-refractivity contribution in [1.82, 2.24) is 4.90 Å². The summed E-state index contributed by atoms with van der Waals surface area (Å²) >= 11 is 0. The molecule has 1 saturated carbocycles. The minimum Gasteiger partial charge on any atom is -0.268 e. The molecule has 2 heterocycles. The third-order valence-corrected chi connectivity index (χ3v) is 7.51. The molecule has 0 amide bonds. The Morgan fingerprint density at radius 1 is 0.679 bits per heavy atom. The van der Waals surface area contributed by atoms with Crippen LogP contribution in [0.3, 0.4) is 0 Å². The number of hydrogen-bond acceptors (Lipinski definition) is 1. The molecule has 2 aliphatic carbocycles. The molecule has 2 heteroatoms. The van der Waals surface area contributed by atoms with Crippen molar-refractivity contribution in [2.24, 2.45) is 23.7 Å². The lowest BCUT2D eigenvalue weighted by molar-refractivity contribution is -0.543. The van der Waals surface area contributed by atoms with E-state index in [4.69, 9.17) is 0 Å². The van der Waals surface area contributed by atoms with Gasteiger partial charge in [-0.2, -0.15) is 0 Å². The molecule has 28 heavy (non-hydrogen) atoms. The van der Waals surface area contributed by atoms with Gasteiger partial charge in [0.05, 0.1) is 26.2 Å². The smallest absolute Gasteiger partial charge is 0.234 e. The van der Waals surface area contributed by atoms with Crippen LogP contribution in [-0.4, -0.2) is 42.0 Å². The fourth-order valence-corrected chi connectivity index (χ4v) is 5.95. The van der Waals surface area contributed by atoms with E-state index in [1.165, 1.54) is 96.8 Å². The molecule has 0 aromatic heterocycles. The summed E-state index contributed by atoms with van der Waals surface area (Å²) in [6.07, 6.45) is 32.4. The van der Waals surface area contributed by atoms with Gasteiger partial charge in [0.1, 0.15) is 0 Å². The maximum absolute atomic E-state index is 2.67. The lowest BCUT2D eigenvalue weighted by atomic mass is 9.64. The third kappa shape index (κ3) is 5.39. The summed E-state index contributed by atoms with van der Waals surface area (Å²) in [6.45, 7) is 4.93. The average Bonchev–Trinajstić information content (AvgIpc) is 2.73. The van der Waals surface area contributed by atoms with Gasteiger partial charge in [0.25, 0.3) is 0 Å². The van der Waals surface area contributed by atoms with E-state index in [0.29, 0.717) is 5.92 Å². The number of rotatable bonds is 0. The van der Waals surface area contributed by atoms with Gasteiger partial charge in [-0.15, -0.1) is 0 Å². The van der Waals surface area contributed by atoms with E-state index in [-0.39, 0.29) is 0 Å². The molecule has 0 unspecified atom stereocenters. The van der Waals surface area contributed by atoms with Crippen LogP contribution in [0, 0.1) is 23.7 Å². The van der Waals surface area contributed by atoms with Gasteiger partial charge in [0.2, 0.25) is 6.34 Å². The fraction of sp³-hybridized carbons (Fsp3) is 0.731. The topological polar surface area (TPSA) is 6.25 Å². The molecule has 2 bridgehead atoms. The highest BCUT2D eigenvalue weighted by Gasteiger charge is 2.38. The molecule has 1 fully saturated rings. The van der Waals surface area contributed by atoms with Crippen molar-refractivity contribution in [3.05, 3.63) is 36.5 Å². The molecule has 4 rings (SSSR count). The summed E-state index contributed by atoms with van der Waals surface area (Å²) in [7, 11) is 0. The SMILES string of the molecule is C1=C[C@H]2/C=C/CCCCC/C=C\CCN3C=[N+](CCC3)C[C@H]2[C@@H]2CCCC[C@@H]12. The first-order valence-corrected chi connectivity index (χ1v) is 12.2. The summed E-state index contributed by atoms with van der Waals surface area (Å²) in [4.78, 5) is 2.58. The largest absolute Gasteiger partial charge is 0.268 e. The van der Waals surface area contributed by atoms with Gasteiger partial charge in [-0.3, -0.25) is 9.48 Å². The molecule has 0 aromatic carbocycles. The van der Waals surface area contributed by atoms with Crippen LogP contribution in [0.2, 0.25) is 0 Å². The maximum atomic E-state index is 2.67. The molecule has 4 atom stereocenters. The first-order valence-electron chi connectivity index (χ1n) is 12.2. The molecule has 0 N–H and O–H groups in total. The predicted octanol–water partition coefficient (Wildman–Crippen LogP) is 5.81. The van der Waals surface area contributed by atoms with E-state index in [2.05, 4.69) is 52.3 Å². The zero-order valence-corrected chi connectivity index (χ0v) is 17.9. The minimum absolute atomic E-state index is 0.653. The monoisotopic (exact) mass is 381 g/mol. The van der Waals surface area contributed by atoms with Gasteiger partial charge in [0.15, 0.2) is 0 Å². The Bertz CT molecular complexity index is 600. The van der Waals surface area contributed by atoms with Crippen molar-refractivity contribution in [3.63, 3.8) is 0 Å². The fourth-order valence-electron chi connectivity index (χ4n) is 5.95. The van der Waals surface area contributed by atoms with Crippen molar-refractivity contribution < 1.29 is 4.58 Å². The second-order valence-corrected chi connectivity index (χ2v) is 9.56. The van der Waals surface area contributed by atoms with Gasteiger partial charge >= 0.3 is 0 Å². The van der Waals surface area contributed by atoms with Crippen LogP contribution in [0.4, 0.5) is 0 Å². The van der Waals surface area contributed by atoms with Crippen LogP contribution in [-0.2, 0) is 0 Å². The Balaban J connectivity index is 1.52. The van der Waals surface area contributed by atoms with E-state index >= 15 is 0 Å². The van der Waals surface area contributed by atoms with Gasteiger partial charge in [-0.05, 0) is 50.4 Å². The molecular weight excluding hydrogens is 340 g/mol. The minimum atomic E-state index is 0.653. The number of nitrogens with zero attached hydrogens (tertiary/aromatic N) is 2. The van der Waals surface area contributed by atoms with Crippen LogP contribution in [0.5, 0.6) is 0 Å². The highest BCUT2D eigenvalue weighted by Crippen LogP contribution is 2.43. The van der Waals surface area contributed by atoms with E-state index in [1.807, 2.05) is 0 Å². The van der Waals surface area contributed by atoms with E-state index < -0.39 is 0 Å². The molecule has 154 valence electrons. The molecule has 2 aliphatic heterocycles. The number of allylic oxidation sites excluding steroid dienone is 5. The lowest BCUT2D eigenvalue weighted by Crippen LogP contribution is -2.43. The first kappa shape index (κ1) is 20.0. The van der Waals surface area contributed by atoms with E-state index in [1.54, 1.807) is 0 Å². The van der Waals surface area contributed by atoms with Crippen molar-refractivity contribution in [1.29, 1.82) is 0 Å². The summed E-state index contributed by atoms with van der Waals surface area (Å²) in [5.41, 5.74) is 0. The van der Waals surface area contributed by atoms with Crippen LogP contribution in [0.1, 0.15) is 70.6 Å². The molecule has 0 aromatic rings. The van der Waals surface area contributed by atoms with Crippen LogP contribution in [0.15, 0.2) is 36.5 Å².